The Hall–Kier alpha value is -0.440. The zero-order chi connectivity index (χ0) is 9.84. The molecule has 0 spiro atoms. The summed E-state index contributed by atoms with van der Waals surface area (Å²) in [5, 5.41) is 0.993. The second-order valence-electron chi connectivity index (χ2n) is 2.51. The van der Waals surface area contributed by atoms with Gasteiger partial charge in [-0.25, -0.2) is 0 Å². The van der Waals surface area contributed by atoms with Crippen LogP contribution in [0.3, 0.4) is 0 Å². The monoisotopic (exact) mass is 219 g/mol. The van der Waals surface area contributed by atoms with Crippen molar-refractivity contribution in [3.05, 3.63) is 27.7 Å². The van der Waals surface area contributed by atoms with E-state index in [0.717, 1.165) is 5.56 Å². The van der Waals surface area contributed by atoms with Crippen LogP contribution >= 0.6 is 23.2 Å². The Kier molecular flexibility index (Phi) is 3.85. The molecule has 0 heterocycles. The van der Waals surface area contributed by atoms with Gasteiger partial charge < -0.3 is 10.5 Å². The van der Waals surface area contributed by atoms with Crippen molar-refractivity contribution in [3.8, 4) is 5.75 Å². The summed E-state index contributed by atoms with van der Waals surface area (Å²) in [6.45, 7) is 2.89. The van der Waals surface area contributed by atoms with Crippen LogP contribution in [0.5, 0.6) is 5.75 Å². The van der Waals surface area contributed by atoms with E-state index < -0.39 is 0 Å². The molecule has 0 radical (unpaired) electrons. The van der Waals surface area contributed by atoms with Gasteiger partial charge in [0.25, 0.3) is 0 Å². The first-order valence-corrected chi connectivity index (χ1v) is 4.75. The highest BCUT2D eigenvalue weighted by Crippen LogP contribution is 2.30. The molecule has 0 saturated heterocycles. The van der Waals surface area contributed by atoms with Crippen LogP contribution in [-0.2, 0) is 6.54 Å². The van der Waals surface area contributed by atoms with Gasteiger partial charge in [-0.05, 0) is 13.0 Å². The van der Waals surface area contributed by atoms with Gasteiger partial charge in [0, 0.05) is 18.2 Å². The highest BCUT2D eigenvalue weighted by molar-refractivity contribution is 6.42. The third-order valence-electron chi connectivity index (χ3n) is 1.62. The van der Waals surface area contributed by atoms with Crippen LogP contribution in [0.4, 0.5) is 0 Å². The Morgan fingerprint density at radius 2 is 1.92 bits per heavy atom. The number of ether oxygens (including phenoxy) is 1. The van der Waals surface area contributed by atoms with Gasteiger partial charge in [0.1, 0.15) is 5.75 Å². The number of nitrogens with two attached hydrogens (primary N) is 1. The summed E-state index contributed by atoms with van der Waals surface area (Å²) in [6.07, 6.45) is 0. The fraction of sp³-hybridized carbons (Fsp3) is 0.333. The molecule has 0 fully saturated rings. The fourth-order valence-corrected chi connectivity index (χ4v) is 1.36. The lowest BCUT2D eigenvalue weighted by Crippen LogP contribution is -2.02. The summed E-state index contributed by atoms with van der Waals surface area (Å²) in [7, 11) is 0. The predicted octanol–water partition coefficient (Wildman–Crippen LogP) is 2.85. The van der Waals surface area contributed by atoms with Gasteiger partial charge in [0.2, 0.25) is 0 Å². The largest absolute Gasteiger partial charge is 0.493 e. The van der Waals surface area contributed by atoms with E-state index in [9.17, 15) is 0 Å². The van der Waals surface area contributed by atoms with E-state index in [1.807, 2.05) is 6.92 Å². The first-order chi connectivity index (χ1) is 6.19. The maximum Gasteiger partial charge on any atom is 0.125 e. The smallest absolute Gasteiger partial charge is 0.125 e. The lowest BCUT2D eigenvalue weighted by atomic mass is 10.2. The van der Waals surface area contributed by atoms with Crippen molar-refractivity contribution in [2.24, 2.45) is 5.73 Å². The minimum atomic E-state index is 0.395. The first kappa shape index (κ1) is 10.6. The number of hydrogen-bond acceptors (Lipinski definition) is 2. The normalized spacial score (nSPS) is 10.2. The number of hydrogen-bond donors (Lipinski definition) is 1. The van der Waals surface area contributed by atoms with E-state index in [0.29, 0.717) is 28.9 Å². The van der Waals surface area contributed by atoms with Crippen LogP contribution in [0.15, 0.2) is 12.1 Å². The molecule has 0 aromatic heterocycles. The lowest BCUT2D eigenvalue weighted by molar-refractivity contribution is 0.336. The standard InChI is InChI=1S/C9H11Cl2NO/c1-2-13-9-4-8(11)7(10)3-6(9)5-12/h3-4H,2,5,12H2,1H3. The average Bonchev–Trinajstić information content (AvgIpc) is 2.11. The third-order valence-corrected chi connectivity index (χ3v) is 2.35. The molecule has 0 aliphatic rings. The van der Waals surface area contributed by atoms with Gasteiger partial charge in [-0.1, -0.05) is 23.2 Å². The van der Waals surface area contributed by atoms with Crippen molar-refractivity contribution in [1.82, 2.24) is 0 Å². The lowest BCUT2D eigenvalue weighted by Gasteiger charge is -2.09. The third kappa shape index (κ3) is 2.50. The summed E-state index contributed by atoms with van der Waals surface area (Å²) < 4.78 is 5.34. The van der Waals surface area contributed by atoms with Gasteiger partial charge in [-0.3, -0.25) is 0 Å². The molecule has 0 saturated carbocycles. The minimum Gasteiger partial charge on any atom is -0.493 e. The molecule has 0 amide bonds. The second kappa shape index (κ2) is 4.70. The van der Waals surface area contributed by atoms with Crippen LogP contribution in [0.25, 0.3) is 0 Å². The molecule has 0 aliphatic heterocycles. The Labute approximate surface area is 87.6 Å². The van der Waals surface area contributed by atoms with Gasteiger partial charge in [0.05, 0.1) is 16.7 Å². The van der Waals surface area contributed by atoms with Crippen molar-refractivity contribution < 1.29 is 4.74 Å². The van der Waals surface area contributed by atoms with Gasteiger partial charge >= 0.3 is 0 Å². The second-order valence-corrected chi connectivity index (χ2v) is 3.33. The first-order valence-electron chi connectivity index (χ1n) is 3.99. The maximum absolute atomic E-state index is 5.83. The van der Waals surface area contributed by atoms with Crippen molar-refractivity contribution in [3.63, 3.8) is 0 Å². The van der Waals surface area contributed by atoms with E-state index in [1.54, 1.807) is 12.1 Å². The quantitative estimate of drug-likeness (QED) is 0.849. The van der Waals surface area contributed by atoms with Crippen LogP contribution in [0.2, 0.25) is 10.0 Å². The van der Waals surface area contributed by atoms with Crippen LogP contribution in [0.1, 0.15) is 12.5 Å². The topological polar surface area (TPSA) is 35.2 Å². The van der Waals surface area contributed by atoms with Gasteiger partial charge in [-0.15, -0.1) is 0 Å². The summed E-state index contributed by atoms with van der Waals surface area (Å²) in [5.41, 5.74) is 6.39. The summed E-state index contributed by atoms with van der Waals surface area (Å²) in [6, 6.07) is 3.42. The zero-order valence-electron chi connectivity index (χ0n) is 7.31. The van der Waals surface area contributed by atoms with E-state index in [1.165, 1.54) is 0 Å². The Morgan fingerprint density at radius 3 is 2.46 bits per heavy atom. The molecular formula is C9H11Cl2NO. The maximum atomic E-state index is 5.83. The Morgan fingerprint density at radius 1 is 1.31 bits per heavy atom. The van der Waals surface area contributed by atoms with Crippen molar-refractivity contribution in [1.29, 1.82) is 0 Å². The molecule has 2 N–H and O–H groups in total. The molecular weight excluding hydrogens is 209 g/mol. The van der Waals surface area contributed by atoms with Crippen molar-refractivity contribution >= 4 is 23.2 Å². The van der Waals surface area contributed by atoms with E-state index in [-0.39, 0.29) is 0 Å². The molecule has 0 unspecified atom stereocenters. The molecule has 2 nitrogen and oxygen atoms in total. The van der Waals surface area contributed by atoms with Crippen LogP contribution in [0, 0.1) is 0 Å². The summed E-state index contributed by atoms with van der Waals surface area (Å²) >= 11 is 11.6. The van der Waals surface area contributed by atoms with Gasteiger partial charge in [0.15, 0.2) is 0 Å². The fourth-order valence-electron chi connectivity index (χ4n) is 1.02. The number of halogens is 2. The van der Waals surface area contributed by atoms with Gasteiger partial charge in [-0.2, -0.15) is 0 Å². The SMILES string of the molecule is CCOc1cc(Cl)c(Cl)cc1CN. The molecule has 0 atom stereocenters. The van der Waals surface area contributed by atoms with E-state index >= 15 is 0 Å². The highest BCUT2D eigenvalue weighted by atomic mass is 35.5. The minimum absolute atomic E-state index is 0.395. The summed E-state index contributed by atoms with van der Waals surface area (Å²) in [4.78, 5) is 0. The number of rotatable bonds is 3. The molecule has 1 aromatic carbocycles. The summed E-state index contributed by atoms with van der Waals surface area (Å²) in [5.74, 6) is 0.708. The number of benzene rings is 1. The zero-order valence-corrected chi connectivity index (χ0v) is 8.82. The van der Waals surface area contributed by atoms with E-state index in [2.05, 4.69) is 0 Å². The molecule has 1 aromatic rings. The van der Waals surface area contributed by atoms with Crippen LogP contribution in [-0.4, -0.2) is 6.61 Å². The molecule has 13 heavy (non-hydrogen) atoms. The molecule has 0 bridgehead atoms. The highest BCUT2D eigenvalue weighted by Gasteiger charge is 2.06. The van der Waals surface area contributed by atoms with Crippen LogP contribution < -0.4 is 10.5 Å². The molecule has 0 aliphatic carbocycles. The molecule has 1 rings (SSSR count). The Balaban J connectivity index is 3.09. The Bertz CT molecular complexity index is 302. The van der Waals surface area contributed by atoms with Crippen molar-refractivity contribution in [2.75, 3.05) is 6.61 Å². The van der Waals surface area contributed by atoms with Crippen molar-refractivity contribution in [2.45, 2.75) is 13.5 Å². The average molecular weight is 220 g/mol. The molecule has 4 heteroatoms. The molecule has 72 valence electrons. The predicted molar refractivity (Wildman–Crippen MR) is 55.5 cm³/mol. The van der Waals surface area contributed by atoms with E-state index in [4.69, 9.17) is 33.7 Å².